The van der Waals surface area contributed by atoms with Crippen LogP contribution >= 0.6 is 0 Å². The number of amides is 3. The van der Waals surface area contributed by atoms with E-state index in [4.69, 9.17) is 9.40 Å². The van der Waals surface area contributed by atoms with Gasteiger partial charge >= 0.3 is 12.2 Å². The zero-order chi connectivity index (χ0) is 27.5. The maximum atomic E-state index is 13.4. The highest BCUT2D eigenvalue weighted by molar-refractivity contribution is 5.92. The van der Waals surface area contributed by atoms with Crippen molar-refractivity contribution in [2.75, 3.05) is 6.54 Å². The number of halogens is 3. The van der Waals surface area contributed by atoms with Crippen molar-refractivity contribution >= 4 is 23.0 Å². The molecule has 0 unspecified atom stereocenters. The first-order valence-electron chi connectivity index (χ1n) is 13.4. The van der Waals surface area contributed by atoms with Gasteiger partial charge in [0, 0.05) is 18.8 Å². The molecule has 3 aromatic rings. The highest BCUT2D eigenvalue weighted by Gasteiger charge is 2.49. The van der Waals surface area contributed by atoms with Gasteiger partial charge < -0.3 is 20.0 Å². The number of hydrogen-bond donors (Lipinski definition) is 2. The van der Waals surface area contributed by atoms with Gasteiger partial charge in [0.15, 0.2) is 5.58 Å². The first-order chi connectivity index (χ1) is 18.6. The summed E-state index contributed by atoms with van der Waals surface area (Å²) in [7, 11) is 0. The quantitative estimate of drug-likeness (QED) is 0.396. The molecule has 2 N–H and O–H groups in total. The maximum absolute atomic E-state index is 13.4. The predicted molar refractivity (Wildman–Crippen MR) is 135 cm³/mol. The Morgan fingerprint density at radius 2 is 1.90 bits per heavy atom. The van der Waals surface area contributed by atoms with Crippen molar-refractivity contribution in [1.82, 2.24) is 30.3 Å². The van der Waals surface area contributed by atoms with Crippen LogP contribution < -0.4 is 10.6 Å². The van der Waals surface area contributed by atoms with E-state index in [-0.39, 0.29) is 24.4 Å². The van der Waals surface area contributed by atoms with E-state index in [0.717, 1.165) is 30.6 Å². The second-order valence-corrected chi connectivity index (χ2v) is 11.2. The Morgan fingerprint density at radius 3 is 2.51 bits per heavy atom. The van der Waals surface area contributed by atoms with Crippen LogP contribution in [0.3, 0.4) is 0 Å². The Balaban J connectivity index is 1.27. The van der Waals surface area contributed by atoms with E-state index in [1.165, 1.54) is 0 Å². The highest BCUT2D eigenvalue weighted by atomic mass is 19.4. The van der Waals surface area contributed by atoms with E-state index >= 15 is 0 Å². The largest absolute Gasteiger partial charge is 0.438 e. The van der Waals surface area contributed by atoms with E-state index in [2.05, 4.69) is 10.4 Å². The number of benzene rings is 1. The second kappa shape index (κ2) is 9.56. The second-order valence-electron chi connectivity index (χ2n) is 11.2. The standard InChI is InChI=1S/C27H31F3N6O3/c1-14(2)36-19(9-10-31-36)24(37)34-23(22(16-4-5-16)17-6-7-17)25-32-18-11-15(3-8-20(18)39-25)12-35-13-21(27(28,29)30)33-26(35)38/h3,8-11,14,16-17,21-23H,4-7,12-13H2,1-2H3,(H,33,38)(H,34,37)/t21-,23+/m0/s1. The number of urea groups is 1. The summed E-state index contributed by atoms with van der Waals surface area (Å²) < 4.78 is 47.1. The van der Waals surface area contributed by atoms with E-state index in [1.807, 2.05) is 19.2 Å². The smallest absolute Gasteiger partial charge is 0.410 e. The molecular weight excluding hydrogens is 513 g/mol. The molecular formula is C27H31F3N6O3. The molecule has 0 spiro atoms. The fraction of sp³-hybridized carbons (Fsp3) is 0.556. The van der Waals surface area contributed by atoms with Gasteiger partial charge in [-0.05, 0) is 81.0 Å². The molecule has 39 heavy (non-hydrogen) atoms. The number of hydrogen-bond acceptors (Lipinski definition) is 5. The zero-order valence-electron chi connectivity index (χ0n) is 21.7. The minimum Gasteiger partial charge on any atom is -0.438 e. The molecule has 2 aromatic heterocycles. The average molecular weight is 545 g/mol. The van der Waals surface area contributed by atoms with Crippen LogP contribution in [0, 0.1) is 17.8 Å². The Bertz CT molecular complexity index is 1380. The number of nitrogens with zero attached hydrogens (tertiary/aromatic N) is 4. The molecule has 2 aliphatic carbocycles. The average Bonchev–Trinajstić information content (AvgIpc) is 3.76. The van der Waals surface area contributed by atoms with E-state index in [9.17, 15) is 22.8 Å². The molecule has 208 valence electrons. The van der Waals surface area contributed by atoms with Gasteiger partial charge in [-0.3, -0.25) is 9.48 Å². The molecule has 2 saturated carbocycles. The fourth-order valence-corrected chi connectivity index (χ4v) is 5.69. The van der Waals surface area contributed by atoms with Crippen LogP contribution in [0.15, 0.2) is 34.9 Å². The number of alkyl halides is 3. The van der Waals surface area contributed by atoms with Crippen molar-refractivity contribution < 1.29 is 27.2 Å². The lowest BCUT2D eigenvalue weighted by atomic mass is 9.89. The number of carbonyl (C=O) groups excluding carboxylic acids is 2. The Labute approximate surface area is 223 Å². The summed E-state index contributed by atoms with van der Waals surface area (Å²) in [5.74, 6) is 1.40. The van der Waals surface area contributed by atoms with Gasteiger partial charge in [0.05, 0.1) is 6.54 Å². The van der Waals surface area contributed by atoms with Crippen molar-refractivity contribution in [1.29, 1.82) is 0 Å². The minimum atomic E-state index is -4.50. The van der Waals surface area contributed by atoms with Gasteiger partial charge in [-0.1, -0.05) is 6.07 Å². The van der Waals surface area contributed by atoms with Crippen molar-refractivity contribution in [2.24, 2.45) is 17.8 Å². The van der Waals surface area contributed by atoms with E-state index < -0.39 is 30.8 Å². The summed E-state index contributed by atoms with van der Waals surface area (Å²) in [6.45, 7) is 3.50. The summed E-state index contributed by atoms with van der Waals surface area (Å²) in [5, 5.41) is 9.49. The number of carbonyl (C=O) groups is 2. The molecule has 9 nitrogen and oxygen atoms in total. The van der Waals surface area contributed by atoms with Gasteiger partial charge in [-0.2, -0.15) is 18.3 Å². The van der Waals surface area contributed by atoms with Gasteiger partial charge in [0.1, 0.15) is 23.3 Å². The van der Waals surface area contributed by atoms with Crippen molar-refractivity contribution in [3.8, 4) is 0 Å². The van der Waals surface area contributed by atoms with Crippen LogP contribution in [0.1, 0.15) is 73.6 Å². The first-order valence-corrected chi connectivity index (χ1v) is 13.4. The molecule has 3 aliphatic rings. The Morgan fingerprint density at radius 1 is 1.18 bits per heavy atom. The number of rotatable bonds is 9. The molecule has 0 radical (unpaired) electrons. The minimum absolute atomic E-state index is 0.0165. The predicted octanol–water partition coefficient (Wildman–Crippen LogP) is 4.97. The van der Waals surface area contributed by atoms with Crippen LogP contribution in [0.25, 0.3) is 11.1 Å². The van der Waals surface area contributed by atoms with Gasteiger partial charge in [0.25, 0.3) is 5.91 Å². The zero-order valence-corrected chi connectivity index (χ0v) is 21.7. The molecule has 0 bridgehead atoms. The van der Waals surface area contributed by atoms with Crippen molar-refractivity contribution in [3.05, 3.63) is 47.6 Å². The highest BCUT2D eigenvalue weighted by Crippen LogP contribution is 2.54. The Hall–Kier alpha value is -3.57. The number of nitrogens with one attached hydrogen (secondary N) is 2. The van der Waals surface area contributed by atoms with Gasteiger partial charge in [0.2, 0.25) is 5.89 Å². The third-order valence-corrected chi connectivity index (χ3v) is 7.89. The monoisotopic (exact) mass is 544 g/mol. The molecule has 2 atom stereocenters. The SMILES string of the molecule is CC(C)n1nccc1C(=O)N[C@@H](c1nc2cc(CN3C[C@@H](C(F)(F)F)NC3=O)ccc2o1)C(C1CC1)C1CC1. The van der Waals surface area contributed by atoms with E-state index in [1.54, 1.807) is 35.1 Å². The third kappa shape index (κ3) is 5.20. The molecule has 1 aromatic carbocycles. The number of aromatic nitrogens is 3. The normalized spacial score (nSPS) is 20.7. The molecule has 3 fully saturated rings. The molecule has 6 rings (SSSR count). The Kier molecular flexibility index (Phi) is 6.30. The fourth-order valence-electron chi connectivity index (χ4n) is 5.69. The molecule has 1 aliphatic heterocycles. The summed E-state index contributed by atoms with van der Waals surface area (Å²) in [4.78, 5) is 31.4. The molecule has 1 saturated heterocycles. The molecule has 3 amide bonds. The van der Waals surface area contributed by atoms with Crippen molar-refractivity contribution in [2.45, 2.75) is 70.4 Å². The summed E-state index contributed by atoms with van der Waals surface area (Å²) in [5.41, 5.74) is 2.17. The van der Waals surface area contributed by atoms with Gasteiger partial charge in [-0.15, -0.1) is 0 Å². The molecule has 3 heterocycles. The van der Waals surface area contributed by atoms with Crippen molar-refractivity contribution in [3.63, 3.8) is 0 Å². The van der Waals surface area contributed by atoms with Crippen LogP contribution in [-0.4, -0.2) is 50.4 Å². The van der Waals surface area contributed by atoms with Crippen LogP contribution in [0.4, 0.5) is 18.0 Å². The number of oxazole rings is 1. The summed E-state index contributed by atoms with van der Waals surface area (Å²) >= 11 is 0. The lowest BCUT2D eigenvalue weighted by Crippen LogP contribution is -2.40. The third-order valence-electron chi connectivity index (χ3n) is 7.89. The summed E-state index contributed by atoms with van der Waals surface area (Å²) in [6.07, 6.45) is 1.55. The maximum Gasteiger partial charge on any atom is 0.410 e. The lowest BCUT2D eigenvalue weighted by molar-refractivity contribution is -0.149. The van der Waals surface area contributed by atoms with Crippen LogP contribution in [-0.2, 0) is 6.54 Å². The summed E-state index contributed by atoms with van der Waals surface area (Å²) in [6, 6.07) is 3.84. The van der Waals surface area contributed by atoms with Crippen LogP contribution in [0.2, 0.25) is 0 Å². The first kappa shape index (κ1) is 25.7. The number of fused-ring (bicyclic) bond motifs is 1. The van der Waals surface area contributed by atoms with Crippen LogP contribution in [0.5, 0.6) is 0 Å². The lowest BCUT2D eigenvalue weighted by Gasteiger charge is -2.26. The molecule has 12 heteroatoms. The van der Waals surface area contributed by atoms with Gasteiger partial charge in [-0.25, -0.2) is 9.78 Å². The van der Waals surface area contributed by atoms with E-state index in [0.29, 0.717) is 40.1 Å². The topological polar surface area (TPSA) is 105 Å².